The number of pyridine rings is 1. The van der Waals surface area contributed by atoms with E-state index in [0.717, 1.165) is 45.8 Å². The second kappa shape index (κ2) is 7.91. The number of benzene rings is 1. The van der Waals surface area contributed by atoms with Crippen molar-refractivity contribution < 1.29 is 13.9 Å². The minimum atomic E-state index is -0.490. The van der Waals surface area contributed by atoms with Crippen molar-refractivity contribution >= 4 is 5.82 Å². The monoisotopic (exact) mass is 474 g/mol. The lowest BCUT2D eigenvalue weighted by atomic mass is 9.88. The number of hydrogen-bond acceptors (Lipinski definition) is 6. The third-order valence-corrected chi connectivity index (χ3v) is 7.10. The molecule has 4 heterocycles. The summed E-state index contributed by atoms with van der Waals surface area (Å²) < 4.78 is 30.4. The van der Waals surface area contributed by atoms with Crippen LogP contribution in [0.4, 0.5) is 10.2 Å². The first-order valence-electron chi connectivity index (χ1n) is 11.8. The molecule has 35 heavy (non-hydrogen) atoms. The molecule has 0 saturated heterocycles. The van der Waals surface area contributed by atoms with Crippen molar-refractivity contribution in [3.8, 4) is 28.3 Å². The molecule has 6 rings (SSSR count). The molecule has 0 amide bonds. The van der Waals surface area contributed by atoms with Gasteiger partial charge in [-0.3, -0.25) is 9.36 Å². The van der Waals surface area contributed by atoms with E-state index in [9.17, 15) is 4.39 Å². The predicted octanol–water partition coefficient (Wildman–Crippen LogP) is 4.76. The number of ether oxygens (including phenoxy) is 2. The molecule has 1 aliphatic carbocycles. The van der Waals surface area contributed by atoms with Crippen LogP contribution in [-0.2, 0) is 18.3 Å². The topological polar surface area (TPSA) is 93.0 Å². The smallest absolute Gasteiger partial charge is 0.166 e. The van der Waals surface area contributed by atoms with Gasteiger partial charge < -0.3 is 15.2 Å². The summed E-state index contributed by atoms with van der Waals surface area (Å²) in [4.78, 5) is 4.44. The molecule has 8 nitrogen and oxygen atoms in total. The van der Waals surface area contributed by atoms with Gasteiger partial charge >= 0.3 is 0 Å². The van der Waals surface area contributed by atoms with Gasteiger partial charge in [0.05, 0.1) is 17.1 Å². The van der Waals surface area contributed by atoms with Gasteiger partial charge in [-0.15, -0.1) is 0 Å². The summed E-state index contributed by atoms with van der Waals surface area (Å²) in [6, 6.07) is 6.66. The van der Waals surface area contributed by atoms with Crippen LogP contribution in [-0.4, -0.2) is 31.7 Å². The third-order valence-electron chi connectivity index (χ3n) is 7.10. The molecule has 1 aliphatic heterocycles. The molecule has 0 radical (unpaired) electrons. The SMILES string of the molecule is CCn1nc2c3c1-c1cnc(N)c(c1)O[C@H](C)c1cc(F)ccc1-c1nn(C)cc1[C@H]3C[C@H]2OC. The maximum absolute atomic E-state index is 14.4. The molecule has 2 bridgehead atoms. The highest BCUT2D eigenvalue weighted by Gasteiger charge is 2.41. The Bertz CT molecular complexity index is 1460. The molecular weight excluding hydrogens is 447 g/mol. The first-order valence-corrected chi connectivity index (χ1v) is 11.8. The molecule has 0 unspecified atom stereocenters. The molecule has 0 spiro atoms. The molecule has 180 valence electrons. The van der Waals surface area contributed by atoms with Gasteiger partial charge in [0.15, 0.2) is 11.6 Å². The fraction of sp³-hybridized carbons (Fsp3) is 0.346. The van der Waals surface area contributed by atoms with Crippen LogP contribution in [0.25, 0.3) is 22.5 Å². The normalized spacial score (nSPS) is 20.3. The molecule has 2 aliphatic rings. The molecule has 0 saturated carbocycles. The standard InChI is InChI=1S/C26H27FN6O2/c1-5-33-25-14-8-21(26(28)29-11-14)35-13(2)17-9-15(27)6-7-16(17)23-19(12-32(3)30-23)18-10-20(34-4)24(31-33)22(18)25/h6-9,11-13,18,20H,5,10H2,1-4H3,(H2,28,29)/t13-,18-,20-/m1/s1. The van der Waals surface area contributed by atoms with Crippen LogP contribution in [0.1, 0.15) is 60.8 Å². The van der Waals surface area contributed by atoms with Crippen LogP contribution >= 0.6 is 0 Å². The average molecular weight is 475 g/mol. The number of rotatable bonds is 2. The Labute approximate surface area is 202 Å². The number of nitrogens with two attached hydrogens (primary N) is 1. The summed E-state index contributed by atoms with van der Waals surface area (Å²) >= 11 is 0. The zero-order valence-electron chi connectivity index (χ0n) is 20.1. The van der Waals surface area contributed by atoms with Crippen LogP contribution in [0.2, 0.25) is 0 Å². The van der Waals surface area contributed by atoms with Crippen LogP contribution in [0.15, 0.2) is 36.7 Å². The van der Waals surface area contributed by atoms with E-state index in [1.165, 1.54) is 12.1 Å². The number of halogens is 1. The molecular formula is C26H27FN6O2. The second-order valence-corrected chi connectivity index (χ2v) is 9.18. The van der Waals surface area contributed by atoms with Crippen molar-refractivity contribution in [3.05, 3.63) is 64.9 Å². The zero-order chi connectivity index (χ0) is 24.4. The third kappa shape index (κ3) is 3.25. The van der Waals surface area contributed by atoms with E-state index in [0.29, 0.717) is 17.9 Å². The van der Waals surface area contributed by atoms with Gasteiger partial charge in [-0.05, 0) is 44.5 Å². The number of nitrogen functional groups attached to an aromatic ring is 1. The van der Waals surface area contributed by atoms with E-state index in [-0.39, 0.29) is 23.7 Å². The summed E-state index contributed by atoms with van der Waals surface area (Å²) in [7, 11) is 3.62. The molecule has 2 N–H and O–H groups in total. The van der Waals surface area contributed by atoms with Gasteiger partial charge in [0, 0.05) is 66.8 Å². The van der Waals surface area contributed by atoms with Gasteiger partial charge in [0.25, 0.3) is 0 Å². The van der Waals surface area contributed by atoms with Crippen molar-refractivity contribution in [2.45, 2.75) is 44.9 Å². The number of anilines is 1. The minimum Gasteiger partial charge on any atom is -0.482 e. The lowest BCUT2D eigenvalue weighted by Crippen LogP contribution is -2.11. The predicted molar refractivity (Wildman–Crippen MR) is 129 cm³/mol. The maximum atomic E-state index is 14.4. The van der Waals surface area contributed by atoms with Crippen LogP contribution in [0.3, 0.4) is 0 Å². The van der Waals surface area contributed by atoms with E-state index in [1.807, 2.05) is 35.6 Å². The summed E-state index contributed by atoms with van der Waals surface area (Å²) in [5.41, 5.74) is 13.5. The Morgan fingerprint density at radius 3 is 2.83 bits per heavy atom. The van der Waals surface area contributed by atoms with E-state index >= 15 is 0 Å². The second-order valence-electron chi connectivity index (χ2n) is 9.18. The first kappa shape index (κ1) is 21.8. The van der Waals surface area contributed by atoms with Gasteiger partial charge in [-0.1, -0.05) is 0 Å². The van der Waals surface area contributed by atoms with E-state index < -0.39 is 6.10 Å². The Morgan fingerprint density at radius 2 is 2.06 bits per heavy atom. The minimum absolute atomic E-state index is 0.0106. The maximum Gasteiger partial charge on any atom is 0.166 e. The van der Waals surface area contributed by atoms with Gasteiger partial charge in [0.1, 0.15) is 18.0 Å². The number of hydrogen-bond donors (Lipinski definition) is 1. The fourth-order valence-corrected chi connectivity index (χ4v) is 5.53. The van der Waals surface area contributed by atoms with Crippen molar-refractivity contribution in [2.75, 3.05) is 12.8 Å². The van der Waals surface area contributed by atoms with Crippen molar-refractivity contribution in [1.82, 2.24) is 24.5 Å². The largest absolute Gasteiger partial charge is 0.482 e. The van der Waals surface area contributed by atoms with Crippen LogP contribution < -0.4 is 10.5 Å². The number of aromatic nitrogens is 5. The lowest BCUT2D eigenvalue weighted by molar-refractivity contribution is 0.0980. The molecule has 9 heteroatoms. The average Bonchev–Trinajstić information content (AvgIpc) is 3.51. The molecule has 3 atom stereocenters. The summed E-state index contributed by atoms with van der Waals surface area (Å²) in [5.74, 6) is 0.378. The van der Waals surface area contributed by atoms with Crippen molar-refractivity contribution in [3.63, 3.8) is 0 Å². The van der Waals surface area contributed by atoms with E-state index in [4.69, 9.17) is 25.4 Å². The van der Waals surface area contributed by atoms with Crippen LogP contribution in [0.5, 0.6) is 5.75 Å². The van der Waals surface area contributed by atoms with Crippen LogP contribution in [0, 0.1) is 5.82 Å². The molecule has 3 aromatic heterocycles. The van der Waals surface area contributed by atoms with Crippen molar-refractivity contribution in [2.24, 2.45) is 7.05 Å². The van der Waals surface area contributed by atoms with E-state index in [2.05, 4.69) is 11.9 Å². The lowest BCUT2D eigenvalue weighted by Gasteiger charge is -2.22. The number of methoxy groups -OCH3 is 1. The highest BCUT2D eigenvalue weighted by molar-refractivity contribution is 5.74. The summed E-state index contributed by atoms with van der Waals surface area (Å²) in [6.45, 7) is 4.63. The highest BCUT2D eigenvalue weighted by Crippen LogP contribution is 2.52. The first-order chi connectivity index (χ1) is 16.9. The number of nitrogens with zero attached hydrogens (tertiary/aromatic N) is 5. The summed E-state index contributed by atoms with van der Waals surface area (Å²) in [5, 5.41) is 9.79. The van der Waals surface area contributed by atoms with Gasteiger partial charge in [-0.25, -0.2) is 9.37 Å². The Hall–Kier alpha value is -3.72. The zero-order valence-corrected chi connectivity index (χ0v) is 20.1. The van der Waals surface area contributed by atoms with Gasteiger partial charge in [-0.2, -0.15) is 10.2 Å². The Morgan fingerprint density at radius 1 is 1.23 bits per heavy atom. The number of aryl methyl sites for hydroxylation is 2. The van der Waals surface area contributed by atoms with Gasteiger partial charge in [0.2, 0.25) is 0 Å². The number of fused-ring (bicyclic) bond motifs is 7. The van der Waals surface area contributed by atoms with E-state index in [1.54, 1.807) is 19.4 Å². The Balaban J connectivity index is 1.72. The molecule has 1 aromatic carbocycles. The highest BCUT2D eigenvalue weighted by atomic mass is 19.1. The fourth-order valence-electron chi connectivity index (χ4n) is 5.53. The molecule has 0 fully saturated rings. The Kier molecular flexibility index (Phi) is 4.93. The van der Waals surface area contributed by atoms with Crippen molar-refractivity contribution in [1.29, 1.82) is 0 Å². The summed E-state index contributed by atoms with van der Waals surface area (Å²) in [6.07, 6.45) is 3.91. The quantitative estimate of drug-likeness (QED) is 0.450. The molecule has 4 aromatic rings.